The van der Waals surface area contributed by atoms with E-state index >= 15 is 0 Å². The highest BCUT2D eigenvalue weighted by Crippen LogP contribution is 2.39. The Balaban J connectivity index is 0.00000101. The second-order valence-corrected chi connectivity index (χ2v) is 18.5. The molecule has 15 nitrogen and oxygen atoms in total. The van der Waals surface area contributed by atoms with Gasteiger partial charge in [-0.25, -0.2) is 9.78 Å². The standard InChI is InChI=1S/C44H57F3N6O7S.C2HF3O2/c45-44(46,47)26-38-49-27-36(61-38)42(57)52-21-24-60-43(30-52)14-18-51(19-15-43)28-32-6-4-5-31(25-32)12-22-58-23-13-39(56)53(34-7-2-1-3-8-34)20-17-48-16-11-33-9-10-35(54)40-41(33)59-29-37(55)50-40;3-2(4,5)1(6)7/h4-6,9-10,25,27,34,48,54H,1-3,7-8,11-24,26,28-30H2,(H,50,55);(H,6,7). The van der Waals surface area contributed by atoms with Crippen molar-refractivity contribution in [1.82, 2.24) is 25.0 Å². The number of nitrogens with zero attached hydrogens (tertiary/aromatic N) is 4. The molecule has 4 aliphatic rings. The molecular formula is C46H58F6N6O9S. The molecule has 68 heavy (non-hydrogen) atoms. The molecule has 1 spiro atoms. The van der Waals surface area contributed by atoms with Crippen molar-refractivity contribution in [2.45, 2.75) is 101 Å². The van der Waals surface area contributed by atoms with Gasteiger partial charge in [0, 0.05) is 45.3 Å². The first-order chi connectivity index (χ1) is 32.4. The highest BCUT2D eigenvalue weighted by Gasteiger charge is 2.42. The van der Waals surface area contributed by atoms with E-state index in [0.29, 0.717) is 76.8 Å². The topological polar surface area (TPSA) is 183 Å². The number of piperidine rings is 1. The van der Waals surface area contributed by atoms with Crippen molar-refractivity contribution < 1.29 is 69.9 Å². The summed E-state index contributed by atoms with van der Waals surface area (Å²) in [6, 6.07) is 12.1. The number of hydrogen-bond donors (Lipinski definition) is 4. The van der Waals surface area contributed by atoms with Crippen LogP contribution in [0.1, 0.15) is 82.7 Å². The molecule has 2 aromatic carbocycles. The minimum absolute atomic E-state index is 0.0208. The van der Waals surface area contributed by atoms with Crippen LogP contribution in [0.25, 0.3) is 0 Å². The molecule has 2 saturated heterocycles. The van der Waals surface area contributed by atoms with E-state index in [0.717, 1.165) is 81.5 Å². The fraction of sp³-hybridized carbons (Fsp3) is 0.587. The monoisotopic (exact) mass is 984 g/mol. The zero-order chi connectivity index (χ0) is 48.9. The number of rotatable bonds is 17. The van der Waals surface area contributed by atoms with E-state index < -0.39 is 30.3 Å². The van der Waals surface area contributed by atoms with Gasteiger partial charge >= 0.3 is 18.3 Å². The van der Waals surface area contributed by atoms with Crippen LogP contribution < -0.4 is 15.4 Å². The quantitative estimate of drug-likeness (QED) is 0.0668. The molecule has 0 bridgehead atoms. The van der Waals surface area contributed by atoms with Gasteiger partial charge in [-0.1, -0.05) is 49.6 Å². The van der Waals surface area contributed by atoms with E-state index in [9.17, 15) is 45.8 Å². The number of nitrogens with one attached hydrogen (secondary N) is 2. The summed E-state index contributed by atoms with van der Waals surface area (Å²) in [5.74, 6) is -2.74. The Kier molecular flexibility index (Phi) is 18.5. The first-order valence-corrected chi connectivity index (χ1v) is 23.6. The number of phenolic OH excluding ortho intramolecular Hbond substituents is 1. The Labute approximate surface area is 394 Å². The number of amides is 3. The number of fused-ring (bicyclic) bond motifs is 1. The number of likely N-dealkylation sites (tertiary alicyclic amines) is 1. The summed E-state index contributed by atoms with van der Waals surface area (Å²) in [4.78, 5) is 57.6. The van der Waals surface area contributed by atoms with Crippen LogP contribution in [0.3, 0.4) is 0 Å². The summed E-state index contributed by atoms with van der Waals surface area (Å²) in [6.07, 6.45) is -0.618. The second kappa shape index (κ2) is 24.0. The molecule has 3 amide bonds. The molecular weight excluding hydrogens is 927 g/mol. The average Bonchev–Trinajstić information content (AvgIpc) is 3.76. The van der Waals surface area contributed by atoms with Gasteiger partial charge in [-0.2, -0.15) is 26.3 Å². The third kappa shape index (κ3) is 15.5. The molecule has 1 aliphatic carbocycles. The van der Waals surface area contributed by atoms with E-state index in [1.165, 1.54) is 23.7 Å². The SMILES string of the molecule is O=C(O)C(F)(F)F.O=C1COc2c(CCNCCN(C(=O)CCOCCc3cccc(CN4CCC5(CC4)CN(C(=O)c4cnc(CC(F)(F)F)s4)CCO5)c3)C3CCCCC3)ccc(O)c2N1. The predicted octanol–water partition coefficient (Wildman–Crippen LogP) is 6.37. The predicted molar refractivity (Wildman–Crippen MR) is 238 cm³/mol. The first kappa shape index (κ1) is 52.3. The van der Waals surface area contributed by atoms with Gasteiger partial charge in [0.25, 0.3) is 11.8 Å². The minimum Gasteiger partial charge on any atom is -0.506 e. The number of thiazole rings is 1. The molecule has 1 aromatic heterocycles. The molecule has 0 atom stereocenters. The van der Waals surface area contributed by atoms with Gasteiger partial charge in [0.15, 0.2) is 12.4 Å². The maximum atomic E-state index is 13.5. The van der Waals surface area contributed by atoms with E-state index in [2.05, 4.69) is 44.8 Å². The Morgan fingerprint density at radius 1 is 0.985 bits per heavy atom. The number of phenols is 1. The third-order valence-corrected chi connectivity index (χ3v) is 13.3. The highest BCUT2D eigenvalue weighted by molar-refractivity contribution is 7.13. The molecule has 7 rings (SSSR count). The van der Waals surface area contributed by atoms with Crippen molar-refractivity contribution in [3.63, 3.8) is 0 Å². The lowest BCUT2D eigenvalue weighted by atomic mass is 9.89. The number of hydrogen-bond acceptors (Lipinski definition) is 12. The van der Waals surface area contributed by atoms with E-state index in [4.69, 9.17) is 24.1 Å². The summed E-state index contributed by atoms with van der Waals surface area (Å²) < 4.78 is 88.1. The summed E-state index contributed by atoms with van der Waals surface area (Å²) in [5.41, 5.74) is 3.11. The Bertz CT molecular complexity index is 2180. The molecule has 1 saturated carbocycles. The number of carbonyl (C=O) groups is 4. The number of aromatic nitrogens is 1. The Morgan fingerprint density at radius 3 is 2.44 bits per heavy atom. The van der Waals surface area contributed by atoms with Crippen molar-refractivity contribution in [3.8, 4) is 11.5 Å². The number of aliphatic carboxylic acids is 1. The fourth-order valence-corrected chi connectivity index (χ4v) is 9.77. The second-order valence-electron chi connectivity index (χ2n) is 17.3. The lowest BCUT2D eigenvalue weighted by molar-refractivity contribution is -0.192. The van der Waals surface area contributed by atoms with Crippen molar-refractivity contribution in [2.24, 2.45) is 0 Å². The van der Waals surface area contributed by atoms with Crippen LogP contribution in [0.5, 0.6) is 11.5 Å². The largest absolute Gasteiger partial charge is 0.506 e. The van der Waals surface area contributed by atoms with Crippen LogP contribution >= 0.6 is 11.3 Å². The van der Waals surface area contributed by atoms with E-state index in [-0.39, 0.29) is 46.0 Å². The number of alkyl halides is 6. The van der Waals surface area contributed by atoms with Crippen molar-refractivity contribution in [3.05, 3.63) is 69.2 Å². The zero-order valence-electron chi connectivity index (χ0n) is 37.6. The number of anilines is 1. The van der Waals surface area contributed by atoms with Crippen LogP contribution in [-0.2, 0) is 49.7 Å². The number of morpholine rings is 1. The normalized spacial score (nSPS) is 17.7. The molecule has 3 fully saturated rings. The summed E-state index contributed by atoms with van der Waals surface area (Å²) in [5, 5.41) is 23.3. The zero-order valence-corrected chi connectivity index (χ0v) is 38.4. The summed E-state index contributed by atoms with van der Waals surface area (Å²) in [7, 11) is 0. The van der Waals surface area contributed by atoms with Gasteiger partial charge < -0.3 is 44.9 Å². The highest BCUT2D eigenvalue weighted by atomic mass is 32.1. The summed E-state index contributed by atoms with van der Waals surface area (Å²) in [6.45, 7) is 6.29. The average molecular weight is 985 g/mol. The maximum Gasteiger partial charge on any atom is 0.490 e. The molecule has 3 aromatic rings. The molecule has 4 N–H and O–H groups in total. The van der Waals surface area contributed by atoms with E-state index in [1.807, 2.05) is 4.90 Å². The molecule has 0 radical (unpaired) electrons. The van der Waals surface area contributed by atoms with E-state index in [1.54, 1.807) is 17.0 Å². The van der Waals surface area contributed by atoms with Gasteiger partial charge in [-0.3, -0.25) is 19.3 Å². The first-order valence-electron chi connectivity index (χ1n) is 22.8. The van der Waals surface area contributed by atoms with Crippen LogP contribution in [0.15, 0.2) is 42.6 Å². The fourth-order valence-electron chi connectivity index (χ4n) is 8.86. The molecule has 22 heteroatoms. The number of halogens is 6. The van der Waals surface area contributed by atoms with Crippen molar-refractivity contribution in [1.29, 1.82) is 0 Å². The number of carbonyl (C=O) groups excluding carboxylic acids is 3. The third-order valence-electron chi connectivity index (χ3n) is 12.3. The lowest BCUT2D eigenvalue weighted by Gasteiger charge is -2.47. The number of aromatic hydroxyl groups is 1. The van der Waals surface area contributed by atoms with Gasteiger partial charge in [-0.05, 0) is 67.8 Å². The van der Waals surface area contributed by atoms with Gasteiger partial charge in [-0.15, -0.1) is 11.3 Å². The van der Waals surface area contributed by atoms with Gasteiger partial charge in [0.2, 0.25) is 5.91 Å². The summed E-state index contributed by atoms with van der Waals surface area (Å²) >= 11 is 0.809. The number of ether oxygens (including phenoxy) is 3. The minimum atomic E-state index is -5.08. The number of carboxylic acid groups (broad SMARTS) is 1. The molecule has 4 heterocycles. The Morgan fingerprint density at radius 2 is 1.72 bits per heavy atom. The van der Waals surface area contributed by atoms with Crippen LogP contribution in [0, 0.1) is 0 Å². The Hall–Kier alpha value is -5.03. The van der Waals surface area contributed by atoms with Gasteiger partial charge in [0.05, 0.1) is 51.0 Å². The molecule has 374 valence electrons. The molecule has 3 aliphatic heterocycles. The van der Waals surface area contributed by atoms with Crippen LogP contribution in [0.2, 0.25) is 0 Å². The van der Waals surface area contributed by atoms with Crippen LogP contribution in [0.4, 0.5) is 32.0 Å². The number of carboxylic acids is 1. The smallest absolute Gasteiger partial charge is 0.490 e. The number of benzene rings is 2. The van der Waals surface area contributed by atoms with Gasteiger partial charge in [0.1, 0.15) is 21.3 Å². The van der Waals surface area contributed by atoms with Crippen molar-refractivity contribution in [2.75, 3.05) is 77.6 Å². The van der Waals surface area contributed by atoms with Crippen LogP contribution in [-0.4, -0.2) is 150 Å². The lowest BCUT2D eigenvalue weighted by Crippen LogP contribution is -2.57. The maximum absolute atomic E-state index is 13.5. The molecule has 0 unspecified atom stereocenters. The van der Waals surface area contributed by atoms with Crippen molar-refractivity contribution >= 4 is 40.7 Å².